The number of rotatable bonds is 7. The normalized spacial score (nSPS) is 14.8. The summed E-state index contributed by atoms with van der Waals surface area (Å²) in [5, 5.41) is 2.96. The van der Waals surface area contributed by atoms with E-state index in [2.05, 4.69) is 10.3 Å². The summed E-state index contributed by atoms with van der Waals surface area (Å²) in [7, 11) is 0. The summed E-state index contributed by atoms with van der Waals surface area (Å²) in [5.41, 5.74) is 2.15. The molecule has 1 fully saturated rings. The van der Waals surface area contributed by atoms with Gasteiger partial charge in [-0.2, -0.15) is 0 Å². The van der Waals surface area contributed by atoms with Gasteiger partial charge >= 0.3 is 0 Å². The smallest absolute Gasteiger partial charge is 0.293 e. The van der Waals surface area contributed by atoms with Gasteiger partial charge in [-0.1, -0.05) is 41.9 Å². The Morgan fingerprint density at radius 3 is 2.61 bits per heavy atom. The van der Waals surface area contributed by atoms with Gasteiger partial charge in [-0.25, -0.2) is 4.98 Å². The number of halogens is 1. The van der Waals surface area contributed by atoms with Crippen LogP contribution in [0, 0.1) is 6.92 Å². The Bertz CT molecular complexity index is 1220. The highest BCUT2D eigenvalue weighted by Gasteiger charge is 2.34. The molecule has 2 heterocycles. The molecule has 0 bridgehead atoms. The Morgan fingerprint density at radius 2 is 1.88 bits per heavy atom. The molecule has 3 amide bonds. The Kier molecular flexibility index (Phi) is 6.96. The van der Waals surface area contributed by atoms with Crippen molar-refractivity contribution in [3.05, 3.63) is 81.5 Å². The number of hydrogen-bond acceptors (Lipinski definition) is 6. The molecule has 1 aliphatic rings. The number of imide groups is 1. The Labute approximate surface area is 199 Å². The zero-order valence-electron chi connectivity index (χ0n) is 17.7. The van der Waals surface area contributed by atoms with E-state index in [0.29, 0.717) is 27.3 Å². The highest BCUT2D eigenvalue weighted by Crippen LogP contribution is 2.32. The van der Waals surface area contributed by atoms with E-state index < -0.39 is 0 Å². The minimum atomic E-state index is -0.381. The predicted octanol–water partition coefficient (Wildman–Crippen LogP) is 4.70. The van der Waals surface area contributed by atoms with E-state index in [0.717, 1.165) is 27.8 Å². The van der Waals surface area contributed by atoms with Crippen LogP contribution in [0.25, 0.3) is 17.5 Å². The van der Waals surface area contributed by atoms with Crippen molar-refractivity contribution in [2.24, 2.45) is 0 Å². The van der Waals surface area contributed by atoms with E-state index >= 15 is 0 Å². The van der Waals surface area contributed by atoms with Gasteiger partial charge in [-0.3, -0.25) is 19.3 Å². The van der Waals surface area contributed by atoms with Gasteiger partial charge in [-0.15, -0.1) is 0 Å². The molecule has 0 aliphatic carbocycles. The Hall–Kier alpha value is -3.36. The van der Waals surface area contributed by atoms with Crippen molar-refractivity contribution in [3.63, 3.8) is 0 Å². The van der Waals surface area contributed by atoms with Gasteiger partial charge in [0.25, 0.3) is 11.1 Å². The van der Waals surface area contributed by atoms with Crippen LogP contribution in [0.2, 0.25) is 5.02 Å². The number of oxazole rings is 1. The standard InChI is InChI=1S/C24H20ClN3O4S/c1-15-19(27-22(32-15)17-5-3-2-4-6-17)14-21(29)26-11-12-28-23(30)20(33-24(28)31)13-16-7-9-18(25)10-8-16/h2-10,13H,11-12,14H2,1H3,(H,26,29)/b20-13-. The lowest BCUT2D eigenvalue weighted by atomic mass is 10.2. The number of benzene rings is 2. The van der Waals surface area contributed by atoms with Crippen molar-refractivity contribution < 1.29 is 18.8 Å². The van der Waals surface area contributed by atoms with Crippen LogP contribution in [0.5, 0.6) is 0 Å². The fraction of sp³-hybridized carbons (Fsp3) is 0.167. The summed E-state index contributed by atoms with van der Waals surface area (Å²) >= 11 is 6.75. The lowest BCUT2D eigenvalue weighted by molar-refractivity contribution is -0.124. The fourth-order valence-electron chi connectivity index (χ4n) is 3.22. The van der Waals surface area contributed by atoms with Gasteiger partial charge in [0.05, 0.1) is 17.0 Å². The molecule has 4 rings (SSSR count). The van der Waals surface area contributed by atoms with Crippen molar-refractivity contribution in [2.75, 3.05) is 13.1 Å². The second-order valence-electron chi connectivity index (χ2n) is 7.30. The van der Waals surface area contributed by atoms with Gasteiger partial charge in [0.15, 0.2) is 0 Å². The molecule has 2 aromatic carbocycles. The molecule has 9 heteroatoms. The Morgan fingerprint density at radius 1 is 1.15 bits per heavy atom. The van der Waals surface area contributed by atoms with Gasteiger partial charge in [0.2, 0.25) is 11.8 Å². The SMILES string of the molecule is Cc1oc(-c2ccccc2)nc1CC(=O)NCCN1C(=O)S/C(=C\c2ccc(Cl)cc2)C1=O. The number of thioether (sulfide) groups is 1. The molecule has 0 saturated carbocycles. The first-order chi connectivity index (χ1) is 15.9. The second-order valence-corrected chi connectivity index (χ2v) is 8.73. The maximum atomic E-state index is 12.6. The minimum absolute atomic E-state index is 0.0422. The number of amides is 3. The molecule has 1 N–H and O–H groups in total. The van der Waals surface area contributed by atoms with Crippen LogP contribution >= 0.6 is 23.4 Å². The van der Waals surface area contributed by atoms with E-state index in [-0.39, 0.29) is 36.6 Å². The van der Waals surface area contributed by atoms with E-state index in [1.807, 2.05) is 30.3 Å². The van der Waals surface area contributed by atoms with Crippen LogP contribution in [-0.2, 0) is 16.0 Å². The number of carbonyl (C=O) groups excluding carboxylic acids is 3. The van der Waals surface area contributed by atoms with Crippen LogP contribution < -0.4 is 5.32 Å². The zero-order chi connectivity index (χ0) is 23.4. The van der Waals surface area contributed by atoms with Gasteiger partial charge in [0, 0.05) is 23.7 Å². The molecule has 1 aliphatic heterocycles. The molecule has 0 spiro atoms. The molecular formula is C24H20ClN3O4S. The summed E-state index contributed by atoms with van der Waals surface area (Å²) in [6, 6.07) is 16.4. The number of aryl methyl sites for hydroxylation is 1. The Balaban J connectivity index is 1.31. The molecule has 168 valence electrons. The summed E-state index contributed by atoms with van der Waals surface area (Å²) < 4.78 is 5.68. The molecule has 3 aromatic rings. The van der Waals surface area contributed by atoms with Crippen molar-refractivity contribution in [3.8, 4) is 11.5 Å². The molecule has 1 saturated heterocycles. The molecular weight excluding hydrogens is 462 g/mol. The van der Waals surface area contributed by atoms with Gasteiger partial charge in [-0.05, 0) is 54.6 Å². The molecule has 7 nitrogen and oxygen atoms in total. The first kappa shape index (κ1) is 22.8. The summed E-state index contributed by atoms with van der Waals surface area (Å²) in [6.45, 7) is 1.99. The van der Waals surface area contributed by atoms with Gasteiger partial charge < -0.3 is 9.73 Å². The lowest BCUT2D eigenvalue weighted by Gasteiger charge is -2.12. The highest BCUT2D eigenvalue weighted by molar-refractivity contribution is 8.18. The van der Waals surface area contributed by atoms with Crippen molar-refractivity contribution in [2.45, 2.75) is 13.3 Å². The zero-order valence-corrected chi connectivity index (χ0v) is 19.3. The second kappa shape index (κ2) is 10.1. The first-order valence-electron chi connectivity index (χ1n) is 10.2. The molecule has 0 atom stereocenters. The molecule has 33 heavy (non-hydrogen) atoms. The maximum Gasteiger partial charge on any atom is 0.293 e. The average molecular weight is 482 g/mol. The molecule has 1 aromatic heterocycles. The van der Waals surface area contributed by atoms with Crippen LogP contribution in [0.3, 0.4) is 0 Å². The fourth-order valence-corrected chi connectivity index (χ4v) is 4.21. The number of nitrogens with zero attached hydrogens (tertiary/aromatic N) is 2. The van der Waals surface area contributed by atoms with Crippen LogP contribution in [-0.4, -0.2) is 40.0 Å². The van der Waals surface area contributed by atoms with Crippen molar-refractivity contribution in [1.82, 2.24) is 15.2 Å². The summed E-state index contributed by atoms with van der Waals surface area (Å²) in [6.07, 6.45) is 1.69. The van der Waals surface area contributed by atoms with E-state index in [1.54, 1.807) is 37.3 Å². The first-order valence-corrected chi connectivity index (χ1v) is 11.4. The minimum Gasteiger partial charge on any atom is -0.441 e. The van der Waals surface area contributed by atoms with Crippen molar-refractivity contribution >= 4 is 46.5 Å². The average Bonchev–Trinajstić information content (AvgIpc) is 3.30. The maximum absolute atomic E-state index is 12.6. The predicted molar refractivity (Wildman–Crippen MR) is 128 cm³/mol. The third-order valence-corrected chi connectivity index (χ3v) is 6.10. The number of carbonyl (C=O) groups is 3. The third kappa shape index (κ3) is 5.53. The number of aromatic nitrogens is 1. The third-order valence-electron chi connectivity index (χ3n) is 4.94. The quantitative estimate of drug-likeness (QED) is 0.492. The van der Waals surface area contributed by atoms with Crippen LogP contribution in [0.1, 0.15) is 17.0 Å². The topological polar surface area (TPSA) is 92.5 Å². The van der Waals surface area contributed by atoms with E-state index in [4.69, 9.17) is 16.0 Å². The van der Waals surface area contributed by atoms with E-state index in [1.165, 1.54) is 0 Å². The largest absolute Gasteiger partial charge is 0.441 e. The van der Waals surface area contributed by atoms with Gasteiger partial charge in [0.1, 0.15) is 5.76 Å². The monoisotopic (exact) mass is 481 g/mol. The summed E-state index contributed by atoms with van der Waals surface area (Å²) in [4.78, 5) is 43.1. The number of nitrogens with one attached hydrogen (secondary N) is 1. The molecule has 0 radical (unpaired) electrons. The lowest BCUT2D eigenvalue weighted by Crippen LogP contribution is -2.37. The highest BCUT2D eigenvalue weighted by atomic mass is 35.5. The molecule has 0 unspecified atom stereocenters. The van der Waals surface area contributed by atoms with Crippen LogP contribution in [0.15, 0.2) is 63.9 Å². The van der Waals surface area contributed by atoms with Crippen LogP contribution in [0.4, 0.5) is 4.79 Å². The number of hydrogen-bond donors (Lipinski definition) is 1. The summed E-state index contributed by atoms with van der Waals surface area (Å²) in [5.74, 6) is 0.382. The van der Waals surface area contributed by atoms with Crippen molar-refractivity contribution in [1.29, 1.82) is 0 Å². The van der Waals surface area contributed by atoms with E-state index in [9.17, 15) is 14.4 Å².